The van der Waals surface area contributed by atoms with E-state index in [0.717, 1.165) is 6.42 Å². The normalized spacial score (nSPS) is 13.5. The van der Waals surface area contributed by atoms with Crippen molar-refractivity contribution in [3.8, 4) is 0 Å². The first-order valence-electron chi connectivity index (χ1n) is 5.51. The maximum Gasteiger partial charge on any atom is 0.410 e. The summed E-state index contributed by atoms with van der Waals surface area (Å²) < 4.78 is 5.31. The Labute approximate surface area is 92.8 Å². The molecule has 0 aliphatic carbocycles. The Morgan fingerprint density at radius 2 is 2.00 bits per heavy atom. The zero-order valence-electron chi connectivity index (χ0n) is 10.5. The highest BCUT2D eigenvalue weighted by Crippen LogP contribution is 2.12. The predicted molar refractivity (Wildman–Crippen MR) is 61.7 cm³/mol. The van der Waals surface area contributed by atoms with Crippen molar-refractivity contribution < 1.29 is 9.53 Å². The van der Waals surface area contributed by atoms with Gasteiger partial charge in [-0.15, -0.1) is 0 Å². The minimum absolute atomic E-state index is 0.170. The van der Waals surface area contributed by atoms with Crippen LogP contribution in [0.4, 0.5) is 4.79 Å². The molecule has 1 atom stereocenters. The van der Waals surface area contributed by atoms with E-state index in [2.05, 4.69) is 0 Å². The van der Waals surface area contributed by atoms with Gasteiger partial charge in [0.05, 0.1) is 0 Å². The Morgan fingerprint density at radius 3 is 2.33 bits per heavy atom. The van der Waals surface area contributed by atoms with E-state index in [1.54, 1.807) is 4.90 Å². The van der Waals surface area contributed by atoms with Crippen molar-refractivity contribution in [2.45, 2.75) is 52.7 Å². The molecule has 0 aromatic heterocycles. The van der Waals surface area contributed by atoms with Gasteiger partial charge in [-0.2, -0.15) is 0 Å². The van der Waals surface area contributed by atoms with Gasteiger partial charge in [0.25, 0.3) is 0 Å². The van der Waals surface area contributed by atoms with Crippen LogP contribution in [-0.2, 0) is 4.74 Å². The van der Waals surface area contributed by atoms with E-state index in [-0.39, 0.29) is 12.1 Å². The number of carbonyl (C=O) groups excluding carboxylic acids is 1. The number of hydrogen-bond acceptors (Lipinski definition) is 3. The lowest BCUT2D eigenvalue weighted by Crippen LogP contribution is -2.44. The lowest BCUT2D eigenvalue weighted by molar-refractivity contribution is 0.0179. The number of hydrogen-bond donors (Lipinski definition) is 1. The predicted octanol–water partition coefficient (Wildman–Crippen LogP) is 1.98. The highest BCUT2D eigenvalue weighted by molar-refractivity contribution is 5.68. The third-order valence-corrected chi connectivity index (χ3v) is 2.12. The lowest BCUT2D eigenvalue weighted by atomic mass is 10.2. The number of nitrogens with two attached hydrogens (primary N) is 1. The summed E-state index contributed by atoms with van der Waals surface area (Å²) in [5.41, 5.74) is 5.03. The molecule has 0 aromatic carbocycles. The van der Waals surface area contributed by atoms with E-state index in [0.29, 0.717) is 13.1 Å². The summed E-state index contributed by atoms with van der Waals surface area (Å²) in [6.07, 6.45) is 0.626. The van der Waals surface area contributed by atoms with Gasteiger partial charge < -0.3 is 15.4 Å². The average molecular weight is 216 g/mol. The lowest BCUT2D eigenvalue weighted by Gasteiger charge is -2.30. The van der Waals surface area contributed by atoms with Crippen LogP contribution in [0.1, 0.15) is 41.0 Å². The van der Waals surface area contributed by atoms with Crippen LogP contribution in [-0.4, -0.2) is 35.7 Å². The molecule has 0 fully saturated rings. The van der Waals surface area contributed by atoms with Crippen molar-refractivity contribution in [2.24, 2.45) is 5.73 Å². The molecule has 1 amide bonds. The van der Waals surface area contributed by atoms with Crippen LogP contribution in [0.25, 0.3) is 0 Å². The molecule has 0 radical (unpaired) electrons. The van der Waals surface area contributed by atoms with Gasteiger partial charge in [0.1, 0.15) is 5.60 Å². The summed E-state index contributed by atoms with van der Waals surface area (Å²) in [5, 5.41) is 0. The van der Waals surface area contributed by atoms with Gasteiger partial charge >= 0.3 is 6.09 Å². The van der Waals surface area contributed by atoms with Crippen LogP contribution in [0.5, 0.6) is 0 Å². The third kappa shape index (κ3) is 5.62. The van der Waals surface area contributed by atoms with Crippen LogP contribution in [0.3, 0.4) is 0 Å². The van der Waals surface area contributed by atoms with Crippen LogP contribution < -0.4 is 5.73 Å². The molecule has 2 N–H and O–H groups in total. The van der Waals surface area contributed by atoms with Crippen molar-refractivity contribution in [1.82, 2.24) is 4.90 Å². The first kappa shape index (κ1) is 14.2. The van der Waals surface area contributed by atoms with Crippen molar-refractivity contribution in [1.29, 1.82) is 0 Å². The van der Waals surface area contributed by atoms with E-state index in [1.165, 1.54) is 0 Å². The van der Waals surface area contributed by atoms with Crippen molar-refractivity contribution in [3.05, 3.63) is 0 Å². The smallest absolute Gasteiger partial charge is 0.410 e. The molecule has 90 valence electrons. The minimum Gasteiger partial charge on any atom is -0.444 e. The van der Waals surface area contributed by atoms with Crippen molar-refractivity contribution in [2.75, 3.05) is 13.1 Å². The molecule has 0 saturated carbocycles. The summed E-state index contributed by atoms with van der Waals surface area (Å²) in [5.74, 6) is 0. The molecule has 0 spiro atoms. The van der Waals surface area contributed by atoms with Gasteiger partial charge in [-0.1, -0.05) is 6.92 Å². The Morgan fingerprint density at radius 1 is 1.47 bits per heavy atom. The largest absolute Gasteiger partial charge is 0.444 e. The topological polar surface area (TPSA) is 55.6 Å². The van der Waals surface area contributed by atoms with E-state index in [4.69, 9.17) is 10.5 Å². The number of rotatable bonds is 4. The number of ether oxygens (including phenoxy) is 1. The number of carbonyl (C=O) groups is 1. The molecule has 0 aliphatic heterocycles. The molecular formula is C11H24N2O2. The fraction of sp³-hybridized carbons (Fsp3) is 0.909. The van der Waals surface area contributed by atoms with Crippen LogP contribution in [0.2, 0.25) is 0 Å². The standard InChI is InChI=1S/C11H24N2O2/c1-6-9(2)13(8-7-12)10(14)15-11(3,4)5/h9H,6-8,12H2,1-5H3/t9-/m0/s1. The first-order valence-corrected chi connectivity index (χ1v) is 5.51. The molecule has 4 nitrogen and oxygen atoms in total. The zero-order valence-corrected chi connectivity index (χ0v) is 10.5. The van der Waals surface area contributed by atoms with Gasteiger partial charge in [-0.3, -0.25) is 0 Å². The maximum absolute atomic E-state index is 11.8. The van der Waals surface area contributed by atoms with Gasteiger partial charge in [0, 0.05) is 19.1 Å². The first-order chi connectivity index (χ1) is 6.81. The SMILES string of the molecule is CC[C@H](C)N(CCN)C(=O)OC(C)(C)C. The third-order valence-electron chi connectivity index (χ3n) is 2.12. The molecular weight excluding hydrogens is 192 g/mol. The summed E-state index contributed by atoms with van der Waals surface area (Å²) in [6, 6.07) is 0.170. The number of nitrogens with zero attached hydrogens (tertiary/aromatic N) is 1. The van der Waals surface area contributed by atoms with E-state index >= 15 is 0 Å². The highest BCUT2D eigenvalue weighted by atomic mass is 16.6. The average Bonchev–Trinajstić information content (AvgIpc) is 2.10. The Kier molecular flexibility index (Phi) is 5.65. The molecule has 4 heteroatoms. The van der Waals surface area contributed by atoms with Gasteiger partial charge in [-0.25, -0.2) is 4.79 Å². The molecule has 0 heterocycles. The van der Waals surface area contributed by atoms with Crippen molar-refractivity contribution >= 4 is 6.09 Å². The molecule has 0 aromatic rings. The van der Waals surface area contributed by atoms with E-state index in [9.17, 15) is 4.79 Å². The van der Waals surface area contributed by atoms with Crippen LogP contribution in [0, 0.1) is 0 Å². The Bertz CT molecular complexity index is 199. The molecule has 15 heavy (non-hydrogen) atoms. The quantitative estimate of drug-likeness (QED) is 0.781. The zero-order chi connectivity index (χ0) is 12.1. The van der Waals surface area contributed by atoms with Gasteiger partial charge in [0.2, 0.25) is 0 Å². The van der Waals surface area contributed by atoms with Crippen LogP contribution >= 0.6 is 0 Å². The summed E-state index contributed by atoms with van der Waals surface area (Å²) in [7, 11) is 0. The molecule has 0 saturated heterocycles. The highest BCUT2D eigenvalue weighted by Gasteiger charge is 2.24. The summed E-state index contributed by atoms with van der Waals surface area (Å²) >= 11 is 0. The molecule has 0 bridgehead atoms. The van der Waals surface area contributed by atoms with E-state index in [1.807, 2.05) is 34.6 Å². The van der Waals surface area contributed by atoms with Gasteiger partial charge in [0.15, 0.2) is 0 Å². The fourth-order valence-electron chi connectivity index (χ4n) is 1.17. The second-order valence-corrected chi connectivity index (χ2v) is 4.72. The maximum atomic E-state index is 11.8. The molecule has 0 aliphatic rings. The summed E-state index contributed by atoms with van der Waals surface area (Å²) in [4.78, 5) is 13.5. The Balaban J connectivity index is 4.42. The molecule has 0 rings (SSSR count). The number of amides is 1. The summed E-state index contributed by atoms with van der Waals surface area (Å²) in [6.45, 7) is 10.6. The second-order valence-electron chi connectivity index (χ2n) is 4.72. The molecule has 0 unspecified atom stereocenters. The monoisotopic (exact) mass is 216 g/mol. The van der Waals surface area contributed by atoms with Gasteiger partial charge in [-0.05, 0) is 34.1 Å². The van der Waals surface area contributed by atoms with Crippen LogP contribution in [0.15, 0.2) is 0 Å². The fourth-order valence-corrected chi connectivity index (χ4v) is 1.17. The van der Waals surface area contributed by atoms with Crippen molar-refractivity contribution in [3.63, 3.8) is 0 Å². The Hall–Kier alpha value is -0.770. The minimum atomic E-state index is -0.447. The van der Waals surface area contributed by atoms with E-state index < -0.39 is 5.60 Å². The second kappa shape index (κ2) is 5.95.